The van der Waals surface area contributed by atoms with Crippen molar-refractivity contribution in [3.63, 3.8) is 0 Å². The molecule has 2 aromatic carbocycles. The molecule has 1 radical (unpaired) electrons. The molecule has 0 aliphatic rings. The number of ketones is 1. The van der Waals surface area contributed by atoms with Gasteiger partial charge in [0.2, 0.25) is 5.75 Å². The van der Waals surface area contributed by atoms with Gasteiger partial charge >= 0.3 is 0 Å². The van der Waals surface area contributed by atoms with Gasteiger partial charge < -0.3 is 0 Å². The van der Waals surface area contributed by atoms with E-state index >= 15 is 0 Å². The van der Waals surface area contributed by atoms with Crippen molar-refractivity contribution in [2.75, 3.05) is 0 Å². The normalized spacial score (nSPS) is 10.4. The molecule has 0 amide bonds. The highest BCUT2D eigenvalue weighted by Crippen LogP contribution is 2.37. The van der Waals surface area contributed by atoms with Crippen molar-refractivity contribution in [1.82, 2.24) is 0 Å². The van der Waals surface area contributed by atoms with Crippen LogP contribution in [0.4, 0.5) is 0 Å². The Labute approximate surface area is 118 Å². The fraction of sp³-hybridized carbons (Fsp3) is 0.0714. The average Bonchev–Trinajstić information content (AvgIpc) is 2.33. The summed E-state index contributed by atoms with van der Waals surface area (Å²) >= 11 is 9.20. The first-order chi connectivity index (χ1) is 8.49. The van der Waals surface area contributed by atoms with Gasteiger partial charge in [0.1, 0.15) is 0 Å². The fourth-order valence-corrected chi connectivity index (χ4v) is 2.12. The van der Waals surface area contributed by atoms with Gasteiger partial charge in [0.15, 0.2) is 5.78 Å². The average molecular weight is 325 g/mol. The predicted molar refractivity (Wildman–Crippen MR) is 74.7 cm³/mol. The topological polar surface area (TPSA) is 37.0 Å². The summed E-state index contributed by atoms with van der Waals surface area (Å²) in [6.45, 7) is 1.45. The fourth-order valence-electron chi connectivity index (χ4n) is 1.64. The molecule has 0 aliphatic heterocycles. The number of hydrogen-bond acceptors (Lipinski definition) is 1. The van der Waals surface area contributed by atoms with Crippen LogP contribution >= 0.6 is 27.5 Å². The molecular weight excluding hydrogens is 316 g/mol. The Morgan fingerprint density at radius 1 is 1.17 bits per heavy atom. The number of hydrogen-bond donors (Lipinski definition) is 0. The van der Waals surface area contributed by atoms with E-state index in [1.807, 2.05) is 12.1 Å². The van der Waals surface area contributed by atoms with Gasteiger partial charge in [-0.2, -0.15) is 0 Å². The summed E-state index contributed by atoms with van der Waals surface area (Å²) in [6, 6.07) is 10.3. The van der Waals surface area contributed by atoms with E-state index in [4.69, 9.17) is 11.6 Å². The molecule has 4 heteroatoms. The van der Waals surface area contributed by atoms with Crippen LogP contribution in [-0.2, 0) is 5.11 Å². The molecule has 0 N–H and O–H groups in total. The van der Waals surface area contributed by atoms with E-state index in [-0.39, 0.29) is 16.6 Å². The Morgan fingerprint density at radius 3 is 2.33 bits per heavy atom. The van der Waals surface area contributed by atoms with Crippen LogP contribution in [0.2, 0.25) is 5.02 Å². The lowest BCUT2D eigenvalue weighted by atomic mass is 10.0. The largest absolute Gasteiger partial charge is 0.295 e. The Kier molecular flexibility index (Phi) is 3.73. The Hall–Kier alpha value is -1.32. The minimum atomic E-state index is -0.260. The maximum absolute atomic E-state index is 12.0. The first kappa shape index (κ1) is 13.1. The van der Waals surface area contributed by atoms with Crippen LogP contribution < -0.4 is 0 Å². The number of benzene rings is 2. The van der Waals surface area contributed by atoms with Crippen LogP contribution in [0.3, 0.4) is 0 Å². The van der Waals surface area contributed by atoms with Crippen molar-refractivity contribution < 1.29 is 9.90 Å². The molecule has 0 spiro atoms. The summed E-state index contributed by atoms with van der Waals surface area (Å²) in [4.78, 5) is 11.4. The molecule has 0 heterocycles. The molecule has 0 fully saturated rings. The number of rotatable bonds is 2. The molecule has 2 aromatic rings. The standard InChI is InChI=1S/C14H9BrClO2/c1-8(17)10-6-12(14(18)13(16)7-10)9-2-4-11(15)5-3-9/h2-7H,1H3. The molecule has 0 aliphatic carbocycles. The summed E-state index contributed by atoms with van der Waals surface area (Å²) in [5.74, 6) is -0.376. The SMILES string of the molecule is CC(=O)c1cc(Cl)c([O])c(-c2ccc(Br)cc2)c1. The van der Waals surface area contributed by atoms with E-state index in [2.05, 4.69) is 15.9 Å². The highest BCUT2D eigenvalue weighted by molar-refractivity contribution is 9.10. The molecule has 2 rings (SSSR count). The van der Waals surface area contributed by atoms with E-state index < -0.39 is 0 Å². The van der Waals surface area contributed by atoms with Crippen molar-refractivity contribution in [3.05, 3.63) is 51.5 Å². The van der Waals surface area contributed by atoms with Gasteiger partial charge in [-0.15, -0.1) is 0 Å². The smallest absolute Gasteiger partial charge is 0.205 e. The summed E-state index contributed by atoms with van der Waals surface area (Å²) in [5.41, 5.74) is 1.63. The molecular formula is C14H9BrClO2. The van der Waals surface area contributed by atoms with Gasteiger partial charge in [0, 0.05) is 15.6 Å². The summed E-state index contributed by atoms with van der Waals surface area (Å²) in [7, 11) is 0. The molecule has 0 bridgehead atoms. The van der Waals surface area contributed by atoms with E-state index in [1.165, 1.54) is 13.0 Å². The molecule has 0 saturated heterocycles. The van der Waals surface area contributed by atoms with Gasteiger partial charge in [-0.3, -0.25) is 9.90 Å². The van der Waals surface area contributed by atoms with Crippen molar-refractivity contribution in [2.45, 2.75) is 6.92 Å². The van der Waals surface area contributed by atoms with Gasteiger partial charge in [-0.25, -0.2) is 0 Å². The quantitative estimate of drug-likeness (QED) is 0.707. The first-order valence-corrected chi connectivity index (χ1v) is 6.43. The lowest BCUT2D eigenvalue weighted by Gasteiger charge is -2.07. The lowest BCUT2D eigenvalue weighted by Crippen LogP contribution is -1.93. The van der Waals surface area contributed by atoms with E-state index in [1.54, 1.807) is 18.2 Å². The zero-order chi connectivity index (χ0) is 13.3. The predicted octanol–water partition coefficient (Wildman–Crippen LogP) is 5.12. The van der Waals surface area contributed by atoms with E-state index in [0.29, 0.717) is 11.1 Å². The third-order valence-corrected chi connectivity index (χ3v) is 3.41. The molecule has 0 atom stereocenters. The summed E-state index contributed by atoms with van der Waals surface area (Å²) < 4.78 is 0.924. The van der Waals surface area contributed by atoms with Crippen LogP contribution in [0.5, 0.6) is 5.75 Å². The molecule has 0 aromatic heterocycles. The molecule has 91 valence electrons. The lowest BCUT2D eigenvalue weighted by molar-refractivity contribution is 0.101. The second-order valence-corrected chi connectivity index (χ2v) is 5.22. The zero-order valence-corrected chi connectivity index (χ0v) is 11.9. The van der Waals surface area contributed by atoms with Gasteiger partial charge in [-0.1, -0.05) is 39.7 Å². The van der Waals surface area contributed by atoms with Gasteiger partial charge in [0.25, 0.3) is 0 Å². The third kappa shape index (κ3) is 2.57. The maximum Gasteiger partial charge on any atom is 0.205 e. The number of carbonyl (C=O) groups excluding carboxylic acids is 1. The van der Waals surface area contributed by atoms with Crippen LogP contribution in [0, 0.1) is 0 Å². The Balaban J connectivity index is 2.62. The van der Waals surface area contributed by atoms with Crippen molar-refractivity contribution in [2.24, 2.45) is 0 Å². The minimum Gasteiger partial charge on any atom is -0.295 e. The van der Waals surface area contributed by atoms with Crippen LogP contribution in [0.15, 0.2) is 40.9 Å². The summed E-state index contributed by atoms with van der Waals surface area (Å²) in [6.07, 6.45) is 0. The zero-order valence-electron chi connectivity index (χ0n) is 9.54. The van der Waals surface area contributed by atoms with E-state index in [9.17, 15) is 9.90 Å². The molecule has 18 heavy (non-hydrogen) atoms. The van der Waals surface area contributed by atoms with Crippen molar-refractivity contribution in [3.8, 4) is 16.9 Å². The first-order valence-electron chi connectivity index (χ1n) is 5.26. The second-order valence-electron chi connectivity index (χ2n) is 3.90. The van der Waals surface area contributed by atoms with Crippen LogP contribution in [0.1, 0.15) is 17.3 Å². The third-order valence-electron chi connectivity index (χ3n) is 2.61. The Bertz CT molecular complexity index is 606. The highest BCUT2D eigenvalue weighted by Gasteiger charge is 2.14. The van der Waals surface area contributed by atoms with Gasteiger partial charge in [-0.05, 0) is 36.8 Å². The summed E-state index contributed by atoms with van der Waals surface area (Å²) in [5, 5.41) is 12.0. The number of Topliss-reactive ketones (excluding diaryl/α,β-unsaturated/α-hetero) is 1. The molecule has 2 nitrogen and oxygen atoms in total. The van der Waals surface area contributed by atoms with Crippen LogP contribution in [0.25, 0.3) is 11.1 Å². The molecule has 0 unspecified atom stereocenters. The van der Waals surface area contributed by atoms with Crippen molar-refractivity contribution >= 4 is 33.3 Å². The Morgan fingerprint density at radius 2 is 1.78 bits per heavy atom. The minimum absolute atomic E-state index is 0.0700. The van der Waals surface area contributed by atoms with Crippen molar-refractivity contribution in [1.29, 1.82) is 0 Å². The second kappa shape index (κ2) is 5.12. The maximum atomic E-state index is 12.0. The monoisotopic (exact) mass is 323 g/mol. The van der Waals surface area contributed by atoms with E-state index in [0.717, 1.165) is 10.0 Å². The van der Waals surface area contributed by atoms with Crippen LogP contribution in [-0.4, -0.2) is 5.78 Å². The van der Waals surface area contributed by atoms with Gasteiger partial charge in [0.05, 0.1) is 5.02 Å². The number of halogens is 2. The molecule has 0 saturated carbocycles. The highest BCUT2D eigenvalue weighted by atomic mass is 79.9. The number of carbonyl (C=O) groups is 1.